The summed E-state index contributed by atoms with van der Waals surface area (Å²) < 4.78 is 3.11. The van der Waals surface area contributed by atoms with Crippen molar-refractivity contribution in [1.29, 1.82) is 0 Å². The van der Waals surface area contributed by atoms with Crippen LogP contribution < -0.4 is 0 Å². The number of aryl methyl sites for hydroxylation is 1. The Balaban J connectivity index is 2.24. The minimum Gasteiger partial charge on any atom is -0.335 e. The first-order valence-electron chi connectivity index (χ1n) is 5.54. The number of aromatic nitrogens is 2. The van der Waals surface area contributed by atoms with Crippen LogP contribution in [0.15, 0.2) is 6.20 Å². The van der Waals surface area contributed by atoms with E-state index in [9.17, 15) is 0 Å². The minimum absolute atomic E-state index is 0.568. The van der Waals surface area contributed by atoms with Gasteiger partial charge in [0.05, 0.1) is 0 Å². The molecule has 0 spiro atoms. The maximum atomic E-state index is 5.33. The van der Waals surface area contributed by atoms with Crippen LogP contribution in [0.2, 0.25) is 0 Å². The van der Waals surface area contributed by atoms with Crippen molar-refractivity contribution in [2.24, 2.45) is 5.92 Å². The zero-order valence-corrected chi connectivity index (χ0v) is 10.5. The molecule has 1 aliphatic rings. The summed E-state index contributed by atoms with van der Waals surface area (Å²) in [6.45, 7) is 6.70. The number of nitrogens with one attached hydrogen (secondary N) is 1. The summed E-state index contributed by atoms with van der Waals surface area (Å²) in [6, 6.07) is 0.568. The molecule has 1 fully saturated rings. The van der Waals surface area contributed by atoms with E-state index in [1.807, 2.05) is 0 Å². The fraction of sp³-hybridized carbons (Fsp3) is 0.727. The van der Waals surface area contributed by atoms with E-state index in [-0.39, 0.29) is 0 Å². The van der Waals surface area contributed by atoms with Crippen molar-refractivity contribution in [3.8, 4) is 0 Å². The number of aromatic amines is 1. The van der Waals surface area contributed by atoms with E-state index in [0.29, 0.717) is 12.0 Å². The van der Waals surface area contributed by atoms with E-state index in [1.165, 1.54) is 13.0 Å². The first-order valence-corrected chi connectivity index (χ1v) is 5.95. The predicted octanol–water partition coefficient (Wildman–Crippen LogP) is 2.37. The molecule has 1 aromatic heterocycles. The first-order chi connectivity index (χ1) is 7.08. The van der Waals surface area contributed by atoms with Crippen LogP contribution in [-0.4, -0.2) is 34.6 Å². The third-order valence-corrected chi connectivity index (χ3v) is 3.60. The molecular formula is C11H19N3S. The van der Waals surface area contributed by atoms with Crippen LogP contribution in [0.25, 0.3) is 0 Å². The average molecular weight is 225 g/mol. The van der Waals surface area contributed by atoms with E-state index in [2.05, 4.69) is 41.5 Å². The fourth-order valence-corrected chi connectivity index (χ4v) is 2.88. The number of nitrogens with zero attached hydrogens (tertiary/aromatic N) is 2. The van der Waals surface area contributed by atoms with E-state index in [4.69, 9.17) is 12.2 Å². The Labute approximate surface area is 96.1 Å². The van der Waals surface area contributed by atoms with Crippen LogP contribution in [0, 0.1) is 17.6 Å². The van der Waals surface area contributed by atoms with Gasteiger partial charge in [-0.2, -0.15) is 0 Å². The molecule has 3 nitrogen and oxygen atoms in total. The Morgan fingerprint density at radius 2 is 2.27 bits per heavy atom. The summed E-state index contributed by atoms with van der Waals surface area (Å²) in [5.74, 6) is 0.672. The number of hydrogen-bond acceptors (Lipinski definition) is 2. The molecular weight excluding hydrogens is 206 g/mol. The fourth-order valence-electron chi connectivity index (χ4n) is 2.53. The number of hydrogen-bond donors (Lipinski definition) is 1. The normalized spacial score (nSPS) is 28.2. The smallest absolute Gasteiger partial charge is 0.177 e. The third kappa shape index (κ3) is 2.16. The van der Waals surface area contributed by atoms with E-state index < -0.39 is 0 Å². The molecule has 2 heterocycles. The Kier molecular flexibility index (Phi) is 2.98. The van der Waals surface area contributed by atoms with Crippen molar-refractivity contribution < 1.29 is 0 Å². The lowest BCUT2D eigenvalue weighted by Gasteiger charge is -2.35. The van der Waals surface area contributed by atoms with Crippen molar-refractivity contribution in [2.45, 2.75) is 26.3 Å². The summed E-state index contributed by atoms with van der Waals surface area (Å²) in [6.07, 6.45) is 3.35. The molecule has 0 amide bonds. The Morgan fingerprint density at radius 3 is 2.80 bits per heavy atom. The van der Waals surface area contributed by atoms with Crippen LogP contribution in [-0.2, 0) is 0 Å². The van der Waals surface area contributed by atoms with Crippen LogP contribution in [0.4, 0.5) is 0 Å². The molecule has 1 N–H and O–H groups in total. The van der Waals surface area contributed by atoms with E-state index in [0.717, 1.165) is 17.0 Å². The lowest BCUT2D eigenvalue weighted by molar-refractivity contribution is 0.158. The number of imidazole rings is 1. The summed E-state index contributed by atoms with van der Waals surface area (Å²) in [4.78, 5) is 5.59. The third-order valence-electron chi connectivity index (χ3n) is 3.29. The van der Waals surface area contributed by atoms with Gasteiger partial charge in [0, 0.05) is 24.5 Å². The van der Waals surface area contributed by atoms with Gasteiger partial charge in [0.2, 0.25) is 0 Å². The van der Waals surface area contributed by atoms with Gasteiger partial charge < -0.3 is 14.5 Å². The van der Waals surface area contributed by atoms with Crippen molar-refractivity contribution in [2.75, 3.05) is 20.1 Å². The lowest BCUT2D eigenvalue weighted by atomic mass is 9.94. The molecule has 0 aliphatic carbocycles. The Bertz CT molecular complexity index is 393. The highest BCUT2D eigenvalue weighted by atomic mass is 32.1. The molecule has 2 unspecified atom stereocenters. The van der Waals surface area contributed by atoms with Crippen LogP contribution in [0.1, 0.15) is 25.1 Å². The van der Waals surface area contributed by atoms with Gasteiger partial charge in [-0.1, -0.05) is 6.92 Å². The van der Waals surface area contributed by atoms with Crippen LogP contribution >= 0.6 is 12.2 Å². The second-order valence-corrected chi connectivity index (χ2v) is 5.13. The highest BCUT2D eigenvalue weighted by Crippen LogP contribution is 2.27. The van der Waals surface area contributed by atoms with E-state index >= 15 is 0 Å². The van der Waals surface area contributed by atoms with Gasteiger partial charge in [0.1, 0.15) is 0 Å². The zero-order valence-electron chi connectivity index (χ0n) is 9.66. The van der Waals surface area contributed by atoms with Gasteiger partial charge in [-0.25, -0.2) is 0 Å². The van der Waals surface area contributed by atoms with Crippen molar-refractivity contribution in [3.63, 3.8) is 0 Å². The molecule has 0 radical (unpaired) electrons. The SMILES string of the molecule is Cc1cn(C2CCN(C)CC2C)c(=S)[nH]1. The molecule has 1 aliphatic heterocycles. The standard InChI is InChI=1S/C11H19N3S/c1-8-6-13(3)5-4-10(8)14-7-9(2)12-11(14)15/h7-8,10H,4-6H2,1-3H3,(H,12,15). The zero-order chi connectivity index (χ0) is 11.0. The quantitative estimate of drug-likeness (QED) is 0.742. The van der Waals surface area contributed by atoms with Crippen molar-refractivity contribution in [3.05, 3.63) is 16.7 Å². The molecule has 0 saturated carbocycles. The highest BCUT2D eigenvalue weighted by molar-refractivity contribution is 7.71. The van der Waals surface area contributed by atoms with Crippen LogP contribution in [0.3, 0.4) is 0 Å². The molecule has 4 heteroatoms. The van der Waals surface area contributed by atoms with Gasteiger partial charge in [-0.3, -0.25) is 0 Å². The molecule has 1 saturated heterocycles. The molecule has 2 atom stereocenters. The predicted molar refractivity (Wildman–Crippen MR) is 64.7 cm³/mol. The van der Waals surface area contributed by atoms with Crippen molar-refractivity contribution in [1.82, 2.24) is 14.5 Å². The van der Waals surface area contributed by atoms with E-state index in [1.54, 1.807) is 0 Å². The molecule has 15 heavy (non-hydrogen) atoms. The van der Waals surface area contributed by atoms with Gasteiger partial charge in [0.25, 0.3) is 0 Å². The summed E-state index contributed by atoms with van der Waals surface area (Å²) >= 11 is 5.33. The molecule has 1 aromatic rings. The maximum Gasteiger partial charge on any atom is 0.177 e. The number of rotatable bonds is 1. The largest absolute Gasteiger partial charge is 0.335 e. The van der Waals surface area contributed by atoms with Gasteiger partial charge in [-0.15, -0.1) is 0 Å². The highest BCUT2D eigenvalue weighted by Gasteiger charge is 2.25. The molecule has 0 bridgehead atoms. The molecule has 0 aromatic carbocycles. The number of H-pyrrole nitrogens is 1. The van der Waals surface area contributed by atoms with Crippen molar-refractivity contribution >= 4 is 12.2 Å². The number of piperidine rings is 1. The second kappa shape index (κ2) is 4.10. The minimum atomic E-state index is 0.568. The first kappa shape index (κ1) is 10.9. The van der Waals surface area contributed by atoms with Gasteiger partial charge >= 0.3 is 0 Å². The maximum absolute atomic E-state index is 5.33. The van der Waals surface area contributed by atoms with Crippen LogP contribution in [0.5, 0.6) is 0 Å². The summed E-state index contributed by atoms with van der Waals surface area (Å²) in [7, 11) is 2.19. The monoisotopic (exact) mass is 225 g/mol. The number of likely N-dealkylation sites (tertiary alicyclic amines) is 1. The molecule has 2 rings (SSSR count). The molecule has 84 valence electrons. The second-order valence-electron chi connectivity index (χ2n) is 4.75. The van der Waals surface area contributed by atoms with Gasteiger partial charge in [-0.05, 0) is 45.1 Å². The topological polar surface area (TPSA) is 24.0 Å². The Hall–Kier alpha value is -0.610. The summed E-state index contributed by atoms with van der Waals surface area (Å²) in [5.41, 5.74) is 1.16. The summed E-state index contributed by atoms with van der Waals surface area (Å²) in [5, 5.41) is 0. The van der Waals surface area contributed by atoms with Gasteiger partial charge in [0.15, 0.2) is 4.77 Å². The lowest BCUT2D eigenvalue weighted by Crippen LogP contribution is -2.37. The average Bonchev–Trinajstić information content (AvgIpc) is 2.45. The Morgan fingerprint density at radius 1 is 1.53 bits per heavy atom.